The average molecular weight is 269 g/mol. The van der Waals surface area contributed by atoms with E-state index in [1.54, 1.807) is 0 Å². The van der Waals surface area contributed by atoms with Crippen LogP contribution in [0, 0.1) is 5.92 Å². The summed E-state index contributed by atoms with van der Waals surface area (Å²) in [6.45, 7) is 15.8. The van der Waals surface area contributed by atoms with Crippen molar-refractivity contribution in [1.29, 1.82) is 0 Å². The van der Waals surface area contributed by atoms with Crippen LogP contribution in [0.3, 0.4) is 0 Å². The molecule has 0 amide bonds. The van der Waals surface area contributed by atoms with Gasteiger partial charge in [0.1, 0.15) is 0 Å². The van der Waals surface area contributed by atoms with Gasteiger partial charge in [-0.15, -0.1) is 0 Å². The highest BCUT2D eigenvalue weighted by Gasteiger charge is 2.29. The maximum Gasteiger partial charge on any atom is 0.0510 e. The first-order valence-electron chi connectivity index (χ1n) is 8.02. The zero-order chi connectivity index (χ0) is 13.7. The van der Waals surface area contributed by atoms with Crippen molar-refractivity contribution in [1.82, 2.24) is 15.1 Å². The molecule has 4 heteroatoms. The summed E-state index contributed by atoms with van der Waals surface area (Å²) in [4.78, 5) is 5.22. The SMILES string of the molecule is CCNC(CN1CCN(CC)C(C)C1)C1CCOC1. The fourth-order valence-corrected chi connectivity index (χ4v) is 3.50. The third kappa shape index (κ3) is 4.15. The van der Waals surface area contributed by atoms with Crippen LogP contribution in [0.4, 0.5) is 0 Å². The Morgan fingerprint density at radius 3 is 2.74 bits per heavy atom. The monoisotopic (exact) mass is 269 g/mol. The molecule has 0 aliphatic carbocycles. The van der Waals surface area contributed by atoms with Crippen molar-refractivity contribution in [2.75, 3.05) is 52.5 Å². The number of hydrogen-bond donors (Lipinski definition) is 1. The molecule has 0 radical (unpaired) electrons. The molecule has 4 nitrogen and oxygen atoms in total. The number of rotatable bonds is 6. The molecule has 0 aromatic heterocycles. The van der Waals surface area contributed by atoms with Gasteiger partial charge in [0, 0.05) is 50.8 Å². The van der Waals surface area contributed by atoms with Crippen LogP contribution < -0.4 is 5.32 Å². The summed E-state index contributed by atoms with van der Waals surface area (Å²) >= 11 is 0. The van der Waals surface area contributed by atoms with E-state index in [2.05, 4.69) is 35.9 Å². The van der Waals surface area contributed by atoms with Crippen molar-refractivity contribution in [3.63, 3.8) is 0 Å². The van der Waals surface area contributed by atoms with E-state index in [0.717, 1.165) is 19.8 Å². The number of ether oxygens (including phenoxy) is 1. The molecule has 0 aromatic carbocycles. The van der Waals surface area contributed by atoms with Crippen LogP contribution in [-0.4, -0.2) is 74.4 Å². The van der Waals surface area contributed by atoms with E-state index in [9.17, 15) is 0 Å². The summed E-state index contributed by atoms with van der Waals surface area (Å²) in [6, 6.07) is 1.30. The number of nitrogens with one attached hydrogen (secondary N) is 1. The van der Waals surface area contributed by atoms with Gasteiger partial charge in [0.2, 0.25) is 0 Å². The van der Waals surface area contributed by atoms with E-state index < -0.39 is 0 Å². The van der Waals surface area contributed by atoms with Gasteiger partial charge < -0.3 is 10.1 Å². The molecular formula is C15H31N3O. The maximum atomic E-state index is 5.56. The van der Waals surface area contributed by atoms with E-state index in [0.29, 0.717) is 18.0 Å². The zero-order valence-electron chi connectivity index (χ0n) is 12.9. The number of piperazine rings is 1. The Balaban J connectivity index is 1.83. The molecule has 2 fully saturated rings. The van der Waals surface area contributed by atoms with Gasteiger partial charge in [-0.2, -0.15) is 0 Å². The van der Waals surface area contributed by atoms with Crippen molar-refractivity contribution >= 4 is 0 Å². The third-order valence-corrected chi connectivity index (χ3v) is 4.71. The lowest BCUT2D eigenvalue weighted by molar-refractivity contribution is 0.0736. The van der Waals surface area contributed by atoms with E-state index >= 15 is 0 Å². The van der Waals surface area contributed by atoms with E-state index in [1.165, 1.54) is 39.1 Å². The lowest BCUT2D eigenvalue weighted by Crippen LogP contribution is -2.55. The third-order valence-electron chi connectivity index (χ3n) is 4.71. The van der Waals surface area contributed by atoms with Crippen LogP contribution in [0.15, 0.2) is 0 Å². The second-order valence-corrected chi connectivity index (χ2v) is 6.03. The lowest BCUT2D eigenvalue weighted by Gasteiger charge is -2.41. The zero-order valence-corrected chi connectivity index (χ0v) is 12.9. The lowest BCUT2D eigenvalue weighted by atomic mass is 9.98. The van der Waals surface area contributed by atoms with Crippen LogP contribution in [0.2, 0.25) is 0 Å². The molecule has 0 bridgehead atoms. The Bertz CT molecular complexity index is 256. The van der Waals surface area contributed by atoms with Crippen molar-refractivity contribution in [2.24, 2.45) is 5.92 Å². The summed E-state index contributed by atoms with van der Waals surface area (Å²) in [6.07, 6.45) is 1.22. The maximum absolute atomic E-state index is 5.56. The van der Waals surface area contributed by atoms with Crippen LogP contribution in [0.1, 0.15) is 27.2 Å². The van der Waals surface area contributed by atoms with E-state index in [4.69, 9.17) is 4.74 Å². The van der Waals surface area contributed by atoms with Gasteiger partial charge in [-0.05, 0) is 26.4 Å². The summed E-state index contributed by atoms with van der Waals surface area (Å²) in [7, 11) is 0. The van der Waals surface area contributed by atoms with Crippen LogP contribution in [0.25, 0.3) is 0 Å². The molecule has 3 atom stereocenters. The Hall–Kier alpha value is -0.160. The largest absolute Gasteiger partial charge is 0.381 e. The predicted octanol–water partition coefficient (Wildman–Crippen LogP) is 1.03. The summed E-state index contributed by atoms with van der Waals surface area (Å²) < 4.78 is 5.56. The van der Waals surface area contributed by atoms with Gasteiger partial charge in [0.05, 0.1) is 6.61 Å². The standard InChI is InChI=1S/C15H31N3O/c1-4-16-15(14-6-9-19-12-14)11-17-7-8-18(5-2)13(3)10-17/h13-16H,4-12H2,1-3H3. The van der Waals surface area contributed by atoms with Crippen LogP contribution in [-0.2, 0) is 4.74 Å². The van der Waals surface area contributed by atoms with E-state index in [1.807, 2.05) is 0 Å². The molecule has 2 heterocycles. The molecule has 2 saturated heterocycles. The van der Waals surface area contributed by atoms with Gasteiger partial charge in [0.15, 0.2) is 0 Å². The number of likely N-dealkylation sites (N-methyl/N-ethyl adjacent to an activating group) is 2. The fraction of sp³-hybridized carbons (Fsp3) is 1.00. The second kappa shape index (κ2) is 7.58. The predicted molar refractivity (Wildman–Crippen MR) is 79.5 cm³/mol. The minimum atomic E-state index is 0.605. The molecule has 19 heavy (non-hydrogen) atoms. The van der Waals surface area contributed by atoms with Crippen LogP contribution >= 0.6 is 0 Å². The smallest absolute Gasteiger partial charge is 0.0510 e. The molecule has 1 N–H and O–H groups in total. The summed E-state index contributed by atoms with van der Waals surface area (Å²) in [5, 5.41) is 3.68. The Morgan fingerprint density at radius 2 is 2.16 bits per heavy atom. The first-order chi connectivity index (χ1) is 9.24. The molecule has 2 rings (SSSR count). The number of hydrogen-bond acceptors (Lipinski definition) is 4. The van der Waals surface area contributed by atoms with Crippen molar-refractivity contribution in [3.05, 3.63) is 0 Å². The molecular weight excluding hydrogens is 238 g/mol. The minimum Gasteiger partial charge on any atom is -0.381 e. The molecule has 0 spiro atoms. The van der Waals surface area contributed by atoms with Crippen molar-refractivity contribution in [2.45, 2.75) is 39.3 Å². The molecule has 2 aliphatic heterocycles. The average Bonchev–Trinajstić information content (AvgIpc) is 2.92. The molecule has 0 aromatic rings. The van der Waals surface area contributed by atoms with Gasteiger partial charge in [-0.1, -0.05) is 13.8 Å². The Morgan fingerprint density at radius 1 is 1.32 bits per heavy atom. The molecule has 3 unspecified atom stereocenters. The topological polar surface area (TPSA) is 27.7 Å². The molecule has 0 saturated carbocycles. The Kier molecular flexibility index (Phi) is 6.07. The number of nitrogens with zero attached hydrogens (tertiary/aromatic N) is 2. The Labute approximate surface area is 118 Å². The minimum absolute atomic E-state index is 0.605. The summed E-state index contributed by atoms with van der Waals surface area (Å²) in [5.74, 6) is 0.708. The first-order valence-corrected chi connectivity index (χ1v) is 8.02. The summed E-state index contributed by atoms with van der Waals surface area (Å²) in [5.41, 5.74) is 0. The quantitative estimate of drug-likeness (QED) is 0.779. The van der Waals surface area contributed by atoms with Gasteiger partial charge in [-0.3, -0.25) is 9.80 Å². The van der Waals surface area contributed by atoms with Crippen molar-refractivity contribution in [3.8, 4) is 0 Å². The van der Waals surface area contributed by atoms with Gasteiger partial charge in [-0.25, -0.2) is 0 Å². The van der Waals surface area contributed by atoms with Crippen molar-refractivity contribution < 1.29 is 4.74 Å². The van der Waals surface area contributed by atoms with E-state index in [-0.39, 0.29) is 0 Å². The van der Waals surface area contributed by atoms with Gasteiger partial charge in [0.25, 0.3) is 0 Å². The second-order valence-electron chi connectivity index (χ2n) is 6.03. The normalized spacial score (nSPS) is 31.7. The highest BCUT2D eigenvalue weighted by molar-refractivity contribution is 4.86. The highest BCUT2D eigenvalue weighted by Crippen LogP contribution is 2.19. The van der Waals surface area contributed by atoms with Crippen LogP contribution in [0.5, 0.6) is 0 Å². The molecule has 2 aliphatic rings. The highest BCUT2D eigenvalue weighted by atomic mass is 16.5. The van der Waals surface area contributed by atoms with Gasteiger partial charge >= 0.3 is 0 Å². The first kappa shape index (κ1) is 15.2. The fourth-order valence-electron chi connectivity index (χ4n) is 3.50. The molecule has 112 valence electrons.